The predicted molar refractivity (Wildman–Crippen MR) is 290 cm³/mol. The largest absolute Gasteiger partial charge is 0.454 e. The number of furan rings is 2. The Labute approximate surface area is 398 Å². The number of aryl methyl sites for hydroxylation is 4. The minimum atomic E-state index is -0.0895. The maximum atomic E-state index is 7.11. The maximum Gasteiger partial charge on any atom is 0.159 e. The minimum absolute atomic E-state index is 0.0895. The van der Waals surface area contributed by atoms with Crippen LogP contribution in [0.4, 0.5) is 34.1 Å². The summed E-state index contributed by atoms with van der Waals surface area (Å²) in [5, 5.41) is 11.7. The molecule has 68 heavy (non-hydrogen) atoms. The zero-order chi connectivity index (χ0) is 47.0. The van der Waals surface area contributed by atoms with Gasteiger partial charge >= 0.3 is 0 Å². The van der Waals surface area contributed by atoms with Gasteiger partial charge in [-0.05, 0) is 108 Å². The molecule has 0 unspecified atom stereocenters. The fraction of sp³-hybridized carbons (Fsp3) is 0.188. The Balaban J connectivity index is 1.14. The highest BCUT2D eigenvalue weighted by Gasteiger charge is 2.29. The van der Waals surface area contributed by atoms with E-state index in [4.69, 9.17) is 8.83 Å². The van der Waals surface area contributed by atoms with Crippen molar-refractivity contribution in [3.63, 3.8) is 0 Å². The number of rotatable bonds is 6. The summed E-state index contributed by atoms with van der Waals surface area (Å²) in [6.07, 6.45) is 0. The molecular formula is C64H56N2O2. The quantitative estimate of drug-likeness (QED) is 0.156. The first-order valence-corrected chi connectivity index (χ1v) is 24.0. The molecule has 2 heterocycles. The maximum absolute atomic E-state index is 7.11. The van der Waals surface area contributed by atoms with Crippen LogP contribution in [0.5, 0.6) is 0 Å². The van der Waals surface area contributed by atoms with Crippen LogP contribution in [0.15, 0.2) is 167 Å². The Morgan fingerprint density at radius 2 is 0.676 bits per heavy atom. The standard InChI is InChI=1S/C64H56N2O2/c1-37-23-31-51(39(3)35-37)65(55-21-13-17-45-43-15-11-19-49(63(5,6)7)59(43)67-61(45)55)53-33-27-41-26-30-48-54(34-28-42-25-29-47(53)57(41)58(42)48)66(52-32-24-38(2)36-40(52)4)56-22-14-18-46-44-16-12-20-50(64(8,9)10)60(44)68-62(46)56/h11-36H,1-10H3. The second kappa shape index (κ2) is 15.0. The second-order valence-electron chi connectivity index (χ2n) is 21.2. The van der Waals surface area contributed by atoms with Crippen molar-refractivity contribution in [2.45, 2.75) is 80.1 Å². The van der Waals surface area contributed by atoms with Crippen molar-refractivity contribution < 1.29 is 8.83 Å². The normalized spacial score (nSPS) is 12.6. The van der Waals surface area contributed by atoms with Gasteiger partial charge in [0.15, 0.2) is 11.2 Å². The van der Waals surface area contributed by atoms with E-state index in [1.54, 1.807) is 0 Å². The third-order valence-electron chi connectivity index (χ3n) is 14.4. The molecule has 0 aliphatic carbocycles. The second-order valence-corrected chi connectivity index (χ2v) is 21.2. The Morgan fingerprint density at radius 1 is 0.324 bits per heavy atom. The van der Waals surface area contributed by atoms with E-state index in [9.17, 15) is 0 Å². The van der Waals surface area contributed by atoms with Gasteiger partial charge in [0.05, 0.1) is 22.7 Å². The van der Waals surface area contributed by atoms with Gasteiger partial charge in [0.25, 0.3) is 0 Å². The van der Waals surface area contributed by atoms with Crippen molar-refractivity contribution in [2.24, 2.45) is 0 Å². The number of fused-ring (bicyclic) bond motifs is 6. The lowest BCUT2D eigenvalue weighted by atomic mass is 9.86. The zero-order valence-electron chi connectivity index (χ0n) is 40.7. The highest BCUT2D eigenvalue weighted by atomic mass is 16.3. The lowest BCUT2D eigenvalue weighted by Crippen LogP contribution is -2.13. The fourth-order valence-corrected chi connectivity index (χ4v) is 11.2. The Hall–Kier alpha value is -7.56. The van der Waals surface area contributed by atoms with Crippen molar-refractivity contribution in [1.82, 2.24) is 0 Å². The van der Waals surface area contributed by atoms with Crippen LogP contribution < -0.4 is 9.80 Å². The summed E-state index contributed by atoms with van der Waals surface area (Å²) < 4.78 is 14.2. The number of benzene rings is 10. The molecule has 10 aromatic carbocycles. The first-order valence-electron chi connectivity index (χ1n) is 24.0. The van der Waals surface area contributed by atoms with Crippen LogP contribution in [-0.4, -0.2) is 0 Å². The summed E-state index contributed by atoms with van der Waals surface area (Å²) in [5.41, 5.74) is 17.2. The zero-order valence-corrected chi connectivity index (χ0v) is 40.7. The molecule has 0 spiro atoms. The fourth-order valence-electron chi connectivity index (χ4n) is 11.2. The van der Waals surface area contributed by atoms with Crippen LogP contribution >= 0.6 is 0 Å². The number of anilines is 6. The van der Waals surface area contributed by atoms with Crippen molar-refractivity contribution in [1.29, 1.82) is 0 Å². The summed E-state index contributed by atoms with van der Waals surface area (Å²) in [6, 6.07) is 58.5. The average molecular weight is 885 g/mol. The molecule has 4 nitrogen and oxygen atoms in total. The minimum Gasteiger partial charge on any atom is -0.454 e. The monoisotopic (exact) mass is 884 g/mol. The first kappa shape index (κ1) is 41.8. The van der Waals surface area contributed by atoms with E-state index in [-0.39, 0.29) is 10.8 Å². The van der Waals surface area contributed by atoms with Crippen LogP contribution in [-0.2, 0) is 10.8 Å². The summed E-state index contributed by atoms with van der Waals surface area (Å²) in [4.78, 5) is 4.89. The summed E-state index contributed by atoms with van der Waals surface area (Å²) in [7, 11) is 0. The molecule has 0 aliphatic rings. The van der Waals surface area contributed by atoms with Crippen LogP contribution in [0.1, 0.15) is 74.9 Å². The van der Waals surface area contributed by atoms with Crippen LogP contribution in [0.25, 0.3) is 76.2 Å². The molecule has 0 saturated heterocycles. The van der Waals surface area contributed by atoms with E-state index in [1.165, 1.54) is 65.7 Å². The molecule has 0 aliphatic heterocycles. The van der Waals surface area contributed by atoms with Gasteiger partial charge in [0.1, 0.15) is 11.2 Å². The van der Waals surface area contributed by atoms with Gasteiger partial charge in [-0.2, -0.15) is 0 Å². The molecule has 0 amide bonds. The molecule has 0 N–H and O–H groups in total. The van der Waals surface area contributed by atoms with E-state index >= 15 is 0 Å². The molecule has 4 heteroatoms. The molecule has 12 aromatic rings. The summed E-state index contributed by atoms with van der Waals surface area (Å²) in [6.45, 7) is 22.4. The topological polar surface area (TPSA) is 32.8 Å². The smallest absolute Gasteiger partial charge is 0.159 e. The highest BCUT2D eigenvalue weighted by Crippen LogP contribution is 2.52. The van der Waals surface area contributed by atoms with Gasteiger partial charge in [-0.3, -0.25) is 0 Å². The van der Waals surface area contributed by atoms with Crippen molar-refractivity contribution >= 4 is 110 Å². The SMILES string of the molecule is Cc1ccc(N(c2ccc3ccc4c(N(c5ccc(C)cc5C)c5cccc6c5oc5c(C(C)(C)C)cccc56)ccc5ccc2c3c54)c2cccc3c2oc2c(C(C)(C)C)cccc23)c(C)c1. The van der Waals surface area contributed by atoms with Crippen molar-refractivity contribution in [3.05, 3.63) is 191 Å². The van der Waals surface area contributed by atoms with E-state index in [2.05, 4.69) is 237 Å². The van der Waals surface area contributed by atoms with E-state index in [0.717, 1.165) is 78.0 Å². The Bertz CT molecular complexity index is 3740. The Kier molecular flexibility index (Phi) is 9.21. The highest BCUT2D eigenvalue weighted by molar-refractivity contribution is 6.29. The van der Waals surface area contributed by atoms with Gasteiger partial charge in [-0.15, -0.1) is 0 Å². The lowest BCUT2D eigenvalue weighted by molar-refractivity contribution is 0.572. The van der Waals surface area contributed by atoms with Gasteiger partial charge < -0.3 is 18.6 Å². The molecule has 0 radical (unpaired) electrons. The first-order chi connectivity index (χ1) is 32.7. The third kappa shape index (κ3) is 6.34. The average Bonchev–Trinajstić information content (AvgIpc) is 3.89. The molecule has 0 bridgehead atoms. The van der Waals surface area contributed by atoms with E-state index < -0.39 is 0 Å². The third-order valence-corrected chi connectivity index (χ3v) is 14.4. The molecule has 12 rings (SSSR count). The Morgan fingerprint density at radius 3 is 1.06 bits per heavy atom. The van der Waals surface area contributed by atoms with Gasteiger partial charge in [-0.25, -0.2) is 0 Å². The molecular weight excluding hydrogens is 829 g/mol. The predicted octanol–water partition coefficient (Wildman–Crippen LogP) is 19.2. The number of nitrogens with zero attached hydrogens (tertiary/aromatic N) is 2. The van der Waals surface area contributed by atoms with E-state index in [1.807, 2.05) is 0 Å². The number of hydrogen-bond donors (Lipinski definition) is 0. The number of hydrogen-bond acceptors (Lipinski definition) is 4. The van der Waals surface area contributed by atoms with Gasteiger partial charge in [0.2, 0.25) is 0 Å². The molecule has 0 atom stereocenters. The van der Waals surface area contributed by atoms with Crippen LogP contribution in [0, 0.1) is 27.7 Å². The summed E-state index contributed by atoms with van der Waals surface area (Å²) >= 11 is 0. The molecule has 0 saturated carbocycles. The van der Waals surface area contributed by atoms with Crippen molar-refractivity contribution in [2.75, 3.05) is 9.80 Å². The van der Waals surface area contributed by atoms with Gasteiger partial charge in [0, 0.05) is 54.8 Å². The molecule has 0 fully saturated rings. The van der Waals surface area contributed by atoms with Crippen molar-refractivity contribution in [3.8, 4) is 0 Å². The summed E-state index contributed by atoms with van der Waals surface area (Å²) in [5.74, 6) is 0. The molecule has 2 aromatic heterocycles. The molecule has 334 valence electrons. The van der Waals surface area contributed by atoms with Crippen LogP contribution in [0.3, 0.4) is 0 Å². The lowest BCUT2D eigenvalue weighted by Gasteiger charge is -2.30. The van der Waals surface area contributed by atoms with E-state index in [0.29, 0.717) is 0 Å². The van der Waals surface area contributed by atoms with Gasteiger partial charge in [-0.1, -0.05) is 174 Å². The number of para-hydroxylation sites is 4. The van der Waals surface area contributed by atoms with Crippen LogP contribution in [0.2, 0.25) is 0 Å².